The molecule has 128 valence electrons. The lowest BCUT2D eigenvalue weighted by Crippen LogP contribution is -2.32. The number of amides is 1. The van der Waals surface area contributed by atoms with Crippen LogP contribution in [0.25, 0.3) is 0 Å². The molecule has 0 bridgehead atoms. The van der Waals surface area contributed by atoms with Crippen LogP contribution in [0.1, 0.15) is 40.8 Å². The molecule has 1 saturated carbocycles. The van der Waals surface area contributed by atoms with E-state index in [2.05, 4.69) is 15.5 Å². The number of hydrogen-bond donors (Lipinski definition) is 2. The van der Waals surface area contributed by atoms with E-state index in [0.29, 0.717) is 30.6 Å². The number of carbonyl (C=O) groups excluding carboxylic acids is 1. The normalized spacial score (nSPS) is 23.4. The van der Waals surface area contributed by atoms with Gasteiger partial charge in [0.1, 0.15) is 11.6 Å². The number of aromatic nitrogens is 2. The average molecular weight is 337 g/mol. The third-order valence-corrected chi connectivity index (χ3v) is 4.25. The quantitative estimate of drug-likeness (QED) is 0.890. The Labute approximate surface area is 136 Å². The van der Waals surface area contributed by atoms with E-state index in [1.807, 2.05) is 0 Å². The predicted molar refractivity (Wildman–Crippen MR) is 79.2 cm³/mol. The molecule has 3 rings (SSSR count). The highest BCUT2D eigenvalue weighted by atomic mass is 19.1. The van der Waals surface area contributed by atoms with Gasteiger partial charge in [-0.25, -0.2) is 8.78 Å². The molecular formula is C16H17F2N3O3. The van der Waals surface area contributed by atoms with Crippen LogP contribution in [0.15, 0.2) is 22.7 Å². The summed E-state index contributed by atoms with van der Waals surface area (Å²) in [6, 6.07) is 2.78. The molecule has 1 aromatic heterocycles. The zero-order chi connectivity index (χ0) is 17.3. The van der Waals surface area contributed by atoms with E-state index in [-0.39, 0.29) is 23.9 Å². The van der Waals surface area contributed by atoms with Crippen molar-refractivity contribution in [2.45, 2.75) is 31.8 Å². The van der Waals surface area contributed by atoms with Gasteiger partial charge in [-0.2, -0.15) is 4.98 Å². The Morgan fingerprint density at radius 2 is 2.21 bits per heavy atom. The average Bonchev–Trinajstić information content (AvgIpc) is 3.11. The van der Waals surface area contributed by atoms with Crippen molar-refractivity contribution in [2.75, 3.05) is 6.54 Å². The molecule has 1 amide bonds. The first-order valence-electron chi connectivity index (χ1n) is 7.65. The molecule has 0 unspecified atom stereocenters. The number of nitrogens with zero attached hydrogens (tertiary/aromatic N) is 2. The monoisotopic (exact) mass is 337 g/mol. The molecule has 0 saturated heterocycles. The van der Waals surface area contributed by atoms with Crippen molar-refractivity contribution in [1.29, 1.82) is 0 Å². The summed E-state index contributed by atoms with van der Waals surface area (Å²) in [6.07, 6.45) is 0.419. The minimum absolute atomic E-state index is 0.0642. The molecule has 1 aromatic carbocycles. The highest BCUT2D eigenvalue weighted by molar-refractivity contribution is 5.94. The first kappa shape index (κ1) is 16.5. The van der Waals surface area contributed by atoms with Gasteiger partial charge < -0.3 is 14.9 Å². The third-order valence-electron chi connectivity index (χ3n) is 4.25. The topological polar surface area (TPSA) is 88.2 Å². The highest BCUT2D eigenvalue weighted by Crippen LogP contribution is 2.37. The Morgan fingerprint density at radius 3 is 2.88 bits per heavy atom. The predicted octanol–water partition coefficient (Wildman–Crippen LogP) is 1.94. The zero-order valence-electron chi connectivity index (χ0n) is 13.0. The first-order chi connectivity index (χ1) is 11.4. The van der Waals surface area contributed by atoms with Crippen LogP contribution in [0.4, 0.5) is 8.78 Å². The molecule has 0 aliphatic heterocycles. The van der Waals surface area contributed by atoms with E-state index < -0.39 is 23.6 Å². The number of rotatable bonds is 4. The van der Waals surface area contributed by atoms with Crippen molar-refractivity contribution in [3.05, 3.63) is 47.1 Å². The van der Waals surface area contributed by atoms with E-state index in [4.69, 9.17) is 4.52 Å². The Bertz CT molecular complexity index is 750. The van der Waals surface area contributed by atoms with Gasteiger partial charge in [-0.15, -0.1) is 0 Å². The highest BCUT2D eigenvalue weighted by Gasteiger charge is 2.36. The van der Waals surface area contributed by atoms with Crippen molar-refractivity contribution in [3.63, 3.8) is 0 Å². The van der Waals surface area contributed by atoms with Crippen LogP contribution in [0.5, 0.6) is 0 Å². The van der Waals surface area contributed by atoms with Crippen LogP contribution in [-0.2, 0) is 0 Å². The largest absolute Gasteiger partial charge is 0.393 e. The van der Waals surface area contributed by atoms with Crippen molar-refractivity contribution in [2.24, 2.45) is 5.92 Å². The van der Waals surface area contributed by atoms with Gasteiger partial charge >= 0.3 is 0 Å². The summed E-state index contributed by atoms with van der Waals surface area (Å²) in [6.45, 7) is 1.90. The van der Waals surface area contributed by atoms with E-state index in [0.717, 1.165) is 12.1 Å². The maximum Gasteiger partial charge on any atom is 0.254 e. The van der Waals surface area contributed by atoms with Crippen LogP contribution >= 0.6 is 0 Å². The second-order valence-corrected chi connectivity index (χ2v) is 6.01. The molecule has 8 heteroatoms. The van der Waals surface area contributed by atoms with Gasteiger partial charge in [0.2, 0.25) is 5.89 Å². The Balaban J connectivity index is 1.59. The number of aryl methyl sites for hydroxylation is 1. The molecule has 1 fully saturated rings. The number of hydrogen-bond acceptors (Lipinski definition) is 5. The molecule has 2 aromatic rings. The Kier molecular flexibility index (Phi) is 4.57. The second kappa shape index (κ2) is 6.64. The fourth-order valence-corrected chi connectivity index (χ4v) is 3.00. The summed E-state index contributed by atoms with van der Waals surface area (Å²) in [7, 11) is 0. The van der Waals surface area contributed by atoms with Gasteiger partial charge in [-0.1, -0.05) is 5.16 Å². The van der Waals surface area contributed by atoms with Gasteiger partial charge in [0.05, 0.1) is 11.7 Å². The molecule has 24 heavy (non-hydrogen) atoms. The molecule has 1 aliphatic rings. The van der Waals surface area contributed by atoms with E-state index in [9.17, 15) is 18.7 Å². The molecule has 6 nitrogen and oxygen atoms in total. The zero-order valence-corrected chi connectivity index (χ0v) is 13.0. The Morgan fingerprint density at radius 1 is 1.42 bits per heavy atom. The molecule has 0 radical (unpaired) electrons. The molecule has 3 atom stereocenters. The van der Waals surface area contributed by atoms with E-state index in [1.165, 1.54) is 0 Å². The summed E-state index contributed by atoms with van der Waals surface area (Å²) in [5.74, 6) is -1.56. The van der Waals surface area contributed by atoms with Crippen molar-refractivity contribution >= 4 is 5.91 Å². The SMILES string of the molecule is Cc1noc([C@H]2C[C@H](CNC(=O)c3ccc(F)cc3F)[C@H](O)C2)n1. The molecular weight excluding hydrogens is 320 g/mol. The van der Waals surface area contributed by atoms with Crippen LogP contribution in [0, 0.1) is 24.5 Å². The molecule has 2 N–H and O–H groups in total. The van der Waals surface area contributed by atoms with Crippen molar-refractivity contribution < 1.29 is 23.2 Å². The van der Waals surface area contributed by atoms with Crippen LogP contribution < -0.4 is 5.32 Å². The standard InChI is InChI=1S/C16H17F2N3O3/c1-8-20-16(24-21-8)9-4-10(14(22)5-9)7-19-15(23)12-3-2-11(17)6-13(12)18/h2-3,6,9-10,14,22H,4-5,7H2,1H3,(H,19,23)/t9-,10+,14+/m0/s1. The second-order valence-electron chi connectivity index (χ2n) is 6.01. The van der Waals surface area contributed by atoms with Crippen LogP contribution in [0.2, 0.25) is 0 Å². The maximum absolute atomic E-state index is 13.6. The number of aliphatic hydroxyl groups excluding tert-OH is 1. The molecule has 0 spiro atoms. The van der Waals surface area contributed by atoms with E-state index >= 15 is 0 Å². The maximum atomic E-state index is 13.6. The Hall–Kier alpha value is -2.35. The van der Waals surface area contributed by atoms with Gasteiger partial charge in [-0.05, 0) is 31.9 Å². The minimum atomic E-state index is -0.918. The number of nitrogens with one attached hydrogen (secondary N) is 1. The van der Waals surface area contributed by atoms with Crippen LogP contribution in [0.3, 0.4) is 0 Å². The molecule has 1 heterocycles. The summed E-state index contributed by atoms with van der Waals surface area (Å²) in [5, 5.41) is 16.5. The minimum Gasteiger partial charge on any atom is -0.393 e. The summed E-state index contributed by atoms with van der Waals surface area (Å²) >= 11 is 0. The number of halogens is 2. The van der Waals surface area contributed by atoms with Crippen LogP contribution in [-0.4, -0.2) is 33.8 Å². The fraction of sp³-hybridized carbons (Fsp3) is 0.438. The van der Waals surface area contributed by atoms with Gasteiger partial charge in [0, 0.05) is 24.4 Å². The first-order valence-corrected chi connectivity index (χ1v) is 7.65. The summed E-state index contributed by atoms with van der Waals surface area (Å²) in [4.78, 5) is 16.2. The van der Waals surface area contributed by atoms with Gasteiger partial charge in [-0.3, -0.25) is 4.79 Å². The smallest absolute Gasteiger partial charge is 0.254 e. The summed E-state index contributed by atoms with van der Waals surface area (Å²) < 4.78 is 31.6. The lowest BCUT2D eigenvalue weighted by Gasteiger charge is -2.15. The fourth-order valence-electron chi connectivity index (χ4n) is 3.00. The number of benzene rings is 1. The van der Waals surface area contributed by atoms with Gasteiger partial charge in [0.15, 0.2) is 5.82 Å². The number of aliphatic hydroxyl groups is 1. The summed E-state index contributed by atoms with van der Waals surface area (Å²) in [5.41, 5.74) is -0.229. The molecule has 1 aliphatic carbocycles. The lowest BCUT2D eigenvalue weighted by molar-refractivity contribution is 0.0912. The van der Waals surface area contributed by atoms with E-state index in [1.54, 1.807) is 6.92 Å². The van der Waals surface area contributed by atoms with Crippen molar-refractivity contribution in [1.82, 2.24) is 15.5 Å². The van der Waals surface area contributed by atoms with Crippen molar-refractivity contribution in [3.8, 4) is 0 Å². The lowest BCUT2D eigenvalue weighted by atomic mass is 10.0. The number of carbonyl (C=O) groups is 1. The third kappa shape index (κ3) is 3.43. The van der Waals surface area contributed by atoms with Gasteiger partial charge in [0.25, 0.3) is 5.91 Å².